The van der Waals surface area contributed by atoms with Crippen LogP contribution in [0.15, 0.2) is 0 Å². The number of rotatable bonds is 5. The maximum absolute atomic E-state index is 11.8. The van der Waals surface area contributed by atoms with E-state index < -0.39 is 11.9 Å². The van der Waals surface area contributed by atoms with Gasteiger partial charge in [-0.3, -0.25) is 4.79 Å². The second-order valence-corrected chi connectivity index (χ2v) is 4.52. The fraction of sp³-hybridized carbons (Fsp3) is 0.692. The maximum Gasteiger partial charge on any atom is 0.317 e. The molecular weight excluding hydrogens is 232 g/mol. The second-order valence-electron chi connectivity index (χ2n) is 4.52. The van der Waals surface area contributed by atoms with Gasteiger partial charge in [0.25, 0.3) is 0 Å². The summed E-state index contributed by atoms with van der Waals surface area (Å²) in [5.41, 5.74) is 0. The zero-order valence-electron chi connectivity index (χ0n) is 10.5. The predicted molar refractivity (Wildman–Crippen MR) is 68.0 cm³/mol. The maximum atomic E-state index is 11.8. The molecule has 1 fully saturated rings. The minimum absolute atomic E-state index is 0.165. The number of carbonyl (C=O) groups excluding carboxylic acids is 1. The lowest BCUT2D eigenvalue weighted by Crippen LogP contribution is -2.47. The van der Waals surface area contributed by atoms with E-state index in [1.807, 2.05) is 0 Å². The van der Waals surface area contributed by atoms with Crippen LogP contribution in [-0.2, 0) is 4.79 Å². The number of hydrogen-bond acceptors (Lipinski definition) is 2. The summed E-state index contributed by atoms with van der Waals surface area (Å²) in [6.45, 7) is 1.54. The van der Waals surface area contributed by atoms with E-state index in [0.717, 1.165) is 25.7 Å². The molecule has 0 unspecified atom stereocenters. The van der Waals surface area contributed by atoms with Crippen molar-refractivity contribution in [2.24, 2.45) is 5.92 Å². The molecule has 1 rings (SSSR count). The number of terminal acetylenes is 1. The van der Waals surface area contributed by atoms with Gasteiger partial charge in [0.05, 0.1) is 5.92 Å². The Balaban J connectivity index is 2.24. The third-order valence-corrected chi connectivity index (χ3v) is 3.08. The molecule has 2 N–H and O–H groups in total. The monoisotopic (exact) mass is 252 g/mol. The van der Waals surface area contributed by atoms with Crippen molar-refractivity contribution in [3.63, 3.8) is 0 Å². The molecule has 0 saturated carbocycles. The topological polar surface area (TPSA) is 69.6 Å². The highest BCUT2D eigenvalue weighted by molar-refractivity contribution is 5.76. The summed E-state index contributed by atoms with van der Waals surface area (Å²) in [5, 5.41) is 11.7. The van der Waals surface area contributed by atoms with Crippen LogP contribution in [0.25, 0.3) is 0 Å². The summed E-state index contributed by atoms with van der Waals surface area (Å²) in [7, 11) is 0. The number of hydrogen-bond donors (Lipinski definition) is 2. The molecule has 1 atom stereocenters. The smallest absolute Gasteiger partial charge is 0.317 e. The Bertz CT molecular complexity index is 336. The molecule has 100 valence electrons. The van der Waals surface area contributed by atoms with Crippen molar-refractivity contribution in [1.29, 1.82) is 0 Å². The number of carboxylic acids is 1. The number of carbonyl (C=O) groups is 2. The number of amides is 2. The van der Waals surface area contributed by atoms with Crippen LogP contribution in [0.5, 0.6) is 0 Å². The summed E-state index contributed by atoms with van der Waals surface area (Å²) >= 11 is 0. The zero-order chi connectivity index (χ0) is 13.4. The Morgan fingerprint density at radius 3 is 2.89 bits per heavy atom. The standard InChI is InChI=1S/C13H20N2O3/c1-2-3-4-5-8-14-13(18)15-9-6-7-11(10-15)12(16)17/h1,11H,3-10H2,(H,14,18)(H,16,17)/t11-/m1/s1. The van der Waals surface area contributed by atoms with Crippen LogP contribution in [0.2, 0.25) is 0 Å². The van der Waals surface area contributed by atoms with Gasteiger partial charge in [-0.05, 0) is 25.7 Å². The van der Waals surface area contributed by atoms with Crippen molar-refractivity contribution >= 4 is 12.0 Å². The quantitative estimate of drug-likeness (QED) is 0.572. The van der Waals surface area contributed by atoms with E-state index in [4.69, 9.17) is 11.5 Å². The number of urea groups is 1. The van der Waals surface area contributed by atoms with Gasteiger partial charge in [-0.15, -0.1) is 12.3 Å². The Hall–Kier alpha value is -1.70. The number of piperidine rings is 1. The van der Waals surface area contributed by atoms with E-state index in [1.54, 1.807) is 4.90 Å². The SMILES string of the molecule is C#CCCCCNC(=O)N1CCC[C@@H](C(=O)O)C1. The van der Waals surface area contributed by atoms with E-state index in [9.17, 15) is 9.59 Å². The van der Waals surface area contributed by atoms with Crippen molar-refractivity contribution < 1.29 is 14.7 Å². The largest absolute Gasteiger partial charge is 0.481 e. The summed E-state index contributed by atoms with van der Waals surface area (Å²) in [6.07, 6.45) is 9.01. The average Bonchev–Trinajstić information content (AvgIpc) is 2.38. The number of aliphatic carboxylic acids is 1. The molecule has 0 radical (unpaired) electrons. The van der Waals surface area contributed by atoms with Crippen LogP contribution >= 0.6 is 0 Å². The molecule has 0 aromatic rings. The van der Waals surface area contributed by atoms with E-state index in [-0.39, 0.29) is 6.03 Å². The molecular formula is C13H20N2O3. The van der Waals surface area contributed by atoms with Crippen molar-refractivity contribution in [3.8, 4) is 12.3 Å². The van der Waals surface area contributed by atoms with Gasteiger partial charge in [0, 0.05) is 26.1 Å². The first-order chi connectivity index (χ1) is 8.65. The van der Waals surface area contributed by atoms with Crippen LogP contribution in [-0.4, -0.2) is 41.6 Å². The molecule has 0 aromatic carbocycles. The Morgan fingerprint density at radius 1 is 1.44 bits per heavy atom. The first kappa shape index (κ1) is 14.4. The molecule has 5 heteroatoms. The predicted octanol–water partition coefficient (Wildman–Crippen LogP) is 1.30. The van der Waals surface area contributed by atoms with Crippen molar-refractivity contribution in [2.75, 3.05) is 19.6 Å². The highest BCUT2D eigenvalue weighted by atomic mass is 16.4. The first-order valence-corrected chi connectivity index (χ1v) is 6.34. The molecule has 0 aliphatic carbocycles. The number of unbranched alkanes of at least 4 members (excludes halogenated alkanes) is 2. The van der Waals surface area contributed by atoms with Gasteiger partial charge in [-0.1, -0.05) is 0 Å². The molecule has 5 nitrogen and oxygen atoms in total. The molecule has 1 heterocycles. The minimum atomic E-state index is -0.818. The Morgan fingerprint density at radius 2 is 2.22 bits per heavy atom. The fourth-order valence-electron chi connectivity index (χ4n) is 2.02. The molecule has 1 aliphatic rings. The first-order valence-electron chi connectivity index (χ1n) is 6.34. The van der Waals surface area contributed by atoms with Gasteiger partial charge in [-0.2, -0.15) is 0 Å². The van der Waals surface area contributed by atoms with E-state index in [1.165, 1.54) is 0 Å². The summed E-state index contributed by atoms with van der Waals surface area (Å²) in [5.74, 6) is 1.31. The number of nitrogens with one attached hydrogen (secondary N) is 1. The van der Waals surface area contributed by atoms with Crippen LogP contribution < -0.4 is 5.32 Å². The van der Waals surface area contributed by atoms with Crippen molar-refractivity contribution in [3.05, 3.63) is 0 Å². The van der Waals surface area contributed by atoms with Crippen LogP contribution in [0.1, 0.15) is 32.1 Å². The number of carboxylic acid groups (broad SMARTS) is 1. The molecule has 2 amide bonds. The number of nitrogens with zero attached hydrogens (tertiary/aromatic N) is 1. The molecule has 0 spiro atoms. The highest BCUT2D eigenvalue weighted by Gasteiger charge is 2.27. The molecule has 18 heavy (non-hydrogen) atoms. The number of likely N-dealkylation sites (tertiary alicyclic amines) is 1. The van der Waals surface area contributed by atoms with Gasteiger partial charge in [0.15, 0.2) is 0 Å². The lowest BCUT2D eigenvalue weighted by atomic mass is 9.99. The Labute approximate surface area is 108 Å². The molecule has 0 aromatic heterocycles. The minimum Gasteiger partial charge on any atom is -0.481 e. The third kappa shape index (κ3) is 4.66. The normalized spacial score (nSPS) is 19.1. The summed E-state index contributed by atoms with van der Waals surface area (Å²) < 4.78 is 0. The van der Waals surface area contributed by atoms with E-state index >= 15 is 0 Å². The fourth-order valence-corrected chi connectivity index (χ4v) is 2.02. The van der Waals surface area contributed by atoms with E-state index in [0.29, 0.717) is 26.1 Å². The van der Waals surface area contributed by atoms with E-state index in [2.05, 4.69) is 11.2 Å². The lowest BCUT2D eigenvalue weighted by Gasteiger charge is -2.30. The highest BCUT2D eigenvalue weighted by Crippen LogP contribution is 2.16. The zero-order valence-corrected chi connectivity index (χ0v) is 10.5. The second kappa shape index (κ2) is 7.59. The van der Waals surface area contributed by atoms with Gasteiger partial charge < -0.3 is 15.3 Å². The van der Waals surface area contributed by atoms with Gasteiger partial charge >= 0.3 is 12.0 Å². The molecule has 0 bridgehead atoms. The Kier molecular flexibility index (Phi) is 6.06. The third-order valence-electron chi connectivity index (χ3n) is 3.08. The van der Waals surface area contributed by atoms with Gasteiger partial charge in [-0.25, -0.2) is 4.79 Å². The molecule has 1 aliphatic heterocycles. The van der Waals surface area contributed by atoms with Crippen LogP contribution in [0, 0.1) is 18.3 Å². The lowest BCUT2D eigenvalue weighted by molar-refractivity contribution is -0.143. The van der Waals surface area contributed by atoms with Crippen molar-refractivity contribution in [2.45, 2.75) is 32.1 Å². The summed E-state index contributed by atoms with van der Waals surface area (Å²) in [4.78, 5) is 24.2. The van der Waals surface area contributed by atoms with Crippen molar-refractivity contribution in [1.82, 2.24) is 10.2 Å². The van der Waals surface area contributed by atoms with Gasteiger partial charge in [0.2, 0.25) is 0 Å². The van der Waals surface area contributed by atoms with Gasteiger partial charge in [0.1, 0.15) is 0 Å². The van der Waals surface area contributed by atoms with Crippen LogP contribution in [0.3, 0.4) is 0 Å². The van der Waals surface area contributed by atoms with Crippen LogP contribution in [0.4, 0.5) is 4.79 Å². The molecule has 1 saturated heterocycles. The summed E-state index contributed by atoms with van der Waals surface area (Å²) in [6, 6.07) is -0.165. The average molecular weight is 252 g/mol.